The molecule has 2 aromatic rings. The standard InChI is InChI=1S/C26H34ClN3O3S/c1-21-9-10-24(27)20-25(21)28-15-17-29(18-16-28)26(31)23-11-13-30(14-12-23)34(32,33)19-5-8-22-6-3-2-4-7-22/h2-4,6-7,9-10,20,23H,5,8,11-19H2,1H3. The van der Waals surface area contributed by atoms with Crippen molar-refractivity contribution in [2.75, 3.05) is 49.9 Å². The number of piperazine rings is 1. The minimum atomic E-state index is -3.28. The van der Waals surface area contributed by atoms with Crippen molar-refractivity contribution in [3.05, 3.63) is 64.7 Å². The molecule has 184 valence electrons. The van der Waals surface area contributed by atoms with E-state index in [9.17, 15) is 13.2 Å². The second-order valence-corrected chi connectivity index (χ2v) is 11.8. The van der Waals surface area contributed by atoms with Gasteiger partial charge in [-0.05, 0) is 55.9 Å². The van der Waals surface area contributed by atoms with Gasteiger partial charge in [-0.25, -0.2) is 12.7 Å². The molecule has 0 spiro atoms. The van der Waals surface area contributed by atoms with Crippen LogP contribution in [0.15, 0.2) is 48.5 Å². The number of sulfonamides is 1. The lowest BCUT2D eigenvalue weighted by atomic mass is 9.96. The van der Waals surface area contributed by atoms with Crippen LogP contribution in [0.5, 0.6) is 0 Å². The summed E-state index contributed by atoms with van der Waals surface area (Å²) in [6.45, 7) is 5.87. The maximum atomic E-state index is 13.1. The predicted octanol–water partition coefficient (Wildman–Crippen LogP) is 3.97. The summed E-state index contributed by atoms with van der Waals surface area (Å²) < 4.78 is 27.2. The quantitative estimate of drug-likeness (QED) is 0.573. The Bertz CT molecular complexity index is 1080. The van der Waals surface area contributed by atoms with E-state index in [2.05, 4.69) is 11.8 Å². The molecule has 0 aliphatic carbocycles. The average molecular weight is 504 g/mol. The molecule has 0 unspecified atom stereocenters. The van der Waals surface area contributed by atoms with E-state index >= 15 is 0 Å². The lowest BCUT2D eigenvalue weighted by Crippen LogP contribution is -2.52. The van der Waals surface area contributed by atoms with Crippen LogP contribution in [0.3, 0.4) is 0 Å². The monoisotopic (exact) mass is 503 g/mol. The molecular formula is C26H34ClN3O3S. The summed E-state index contributed by atoms with van der Waals surface area (Å²) in [4.78, 5) is 17.4. The van der Waals surface area contributed by atoms with Gasteiger partial charge >= 0.3 is 0 Å². The molecule has 6 nitrogen and oxygen atoms in total. The van der Waals surface area contributed by atoms with Gasteiger partial charge < -0.3 is 9.80 Å². The van der Waals surface area contributed by atoms with E-state index in [1.165, 1.54) is 5.56 Å². The summed E-state index contributed by atoms with van der Waals surface area (Å²) in [5, 5.41) is 0.723. The Hall–Kier alpha value is -2.09. The third-order valence-corrected chi connectivity index (χ3v) is 9.20. The minimum Gasteiger partial charge on any atom is -0.368 e. The van der Waals surface area contributed by atoms with Crippen molar-refractivity contribution >= 4 is 33.2 Å². The summed E-state index contributed by atoms with van der Waals surface area (Å²) in [5.74, 6) is 0.240. The third kappa shape index (κ3) is 6.12. The number of hydrogen-bond donors (Lipinski definition) is 0. The molecule has 2 aliphatic heterocycles. The van der Waals surface area contributed by atoms with Gasteiger partial charge in [0.25, 0.3) is 0 Å². The number of rotatable bonds is 7. The molecule has 8 heteroatoms. The summed E-state index contributed by atoms with van der Waals surface area (Å²) in [6.07, 6.45) is 2.58. The first-order chi connectivity index (χ1) is 16.3. The van der Waals surface area contributed by atoms with Crippen molar-refractivity contribution in [2.24, 2.45) is 5.92 Å². The zero-order chi connectivity index (χ0) is 24.1. The van der Waals surface area contributed by atoms with Crippen LogP contribution in [-0.4, -0.2) is 68.6 Å². The van der Waals surface area contributed by atoms with Gasteiger partial charge in [0.1, 0.15) is 0 Å². The maximum Gasteiger partial charge on any atom is 0.225 e. The van der Waals surface area contributed by atoms with Crippen molar-refractivity contribution in [1.82, 2.24) is 9.21 Å². The van der Waals surface area contributed by atoms with Crippen molar-refractivity contribution in [1.29, 1.82) is 0 Å². The van der Waals surface area contributed by atoms with Gasteiger partial charge in [-0.1, -0.05) is 48.0 Å². The first-order valence-electron chi connectivity index (χ1n) is 12.1. The van der Waals surface area contributed by atoms with Crippen LogP contribution in [0.2, 0.25) is 5.02 Å². The van der Waals surface area contributed by atoms with E-state index in [0.29, 0.717) is 45.4 Å². The van der Waals surface area contributed by atoms with Crippen molar-refractivity contribution in [3.8, 4) is 0 Å². The number of amides is 1. The average Bonchev–Trinajstić information content (AvgIpc) is 2.86. The molecule has 2 saturated heterocycles. The van der Waals surface area contributed by atoms with Crippen LogP contribution in [0.4, 0.5) is 5.69 Å². The molecular weight excluding hydrogens is 470 g/mol. The van der Waals surface area contributed by atoms with Gasteiger partial charge in [-0.2, -0.15) is 0 Å². The van der Waals surface area contributed by atoms with E-state index in [-0.39, 0.29) is 17.6 Å². The zero-order valence-corrected chi connectivity index (χ0v) is 21.4. The van der Waals surface area contributed by atoms with Crippen molar-refractivity contribution in [2.45, 2.75) is 32.6 Å². The molecule has 0 atom stereocenters. The van der Waals surface area contributed by atoms with E-state index in [1.807, 2.05) is 53.4 Å². The van der Waals surface area contributed by atoms with E-state index in [0.717, 1.165) is 35.8 Å². The third-order valence-electron chi connectivity index (χ3n) is 7.01. The van der Waals surface area contributed by atoms with E-state index in [1.54, 1.807) is 4.31 Å². The van der Waals surface area contributed by atoms with Gasteiger partial charge in [0.05, 0.1) is 5.75 Å². The number of halogens is 1. The number of benzene rings is 2. The van der Waals surface area contributed by atoms with Crippen LogP contribution in [0.1, 0.15) is 30.4 Å². The van der Waals surface area contributed by atoms with Crippen LogP contribution < -0.4 is 4.90 Å². The van der Waals surface area contributed by atoms with Crippen molar-refractivity contribution in [3.63, 3.8) is 0 Å². The highest BCUT2D eigenvalue weighted by molar-refractivity contribution is 7.89. The highest BCUT2D eigenvalue weighted by atomic mass is 35.5. The van der Waals surface area contributed by atoms with Gasteiger partial charge in [0.2, 0.25) is 15.9 Å². The minimum absolute atomic E-state index is 0.0878. The number of anilines is 1. The van der Waals surface area contributed by atoms with Crippen LogP contribution in [0, 0.1) is 12.8 Å². The van der Waals surface area contributed by atoms with Gasteiger partial charge in [0.15, 0.2) is 0 Å². The highest BCUT2D eigenvalue weighted by Gasteiger charge is 2.34. The number of piperidine rings is 1. The molecule has 34 heavy (non-hydrogen) atoms. The molecule has 0 radical (unpaired) electrons. The SMILES string of the molecule is Cc1ccc(Cl)cc1N1CCN(C(=O)C2CCN(S(=O)(=O)CCCc3ccccc3)CC2)CC1. The zero-order valence-electron chi connectivity index (χ0n) is 19.8. The first-order valence-corrected chi connectivity index (χ1v) is 14.1. The van der Waals surface area contributed by atoms with E-state index < -0.39 is 10.0 Å². The Labute approximate surface area is 208 Å². The molecule has 2 heterocycles. The molecule has 2 aromatic carbocycles. The smallest absolute Gasteiger partial charge is 0.225 e. The second kappa shape index (κ2) is 11.1. The van der Waals surface area contributed by atoms with Gasteiger partial charge in [-0.3, -0.25) is 4.79 Å². The number of hydrogen-bond acceptors (Lipinski definition) is 4. The molecule has 2 fully saturated rings. The molecule has 0 bridgehead atoms. The lowest BCUT2D eigenvalue weighted by Gasteiger charge is -2.39. The molecule has 0 saturated carbocycles. The molecule has 2 aliphatic rings. The summed E-state index contributed by atoms with van der Waals surface area (Å²) in [7, 11) is -3.28. The topological polar surface area (TPSA) is 60.9 Å². The summed E-state index contributed by atoms with van der Waals surface area (Å²) >= 11 is 6.18. The van der Waals surface area contributed by atoms with Crippen LogP contribution in [-0.2, 0) is 21.2 Å². The summed E-state index contributed by atoms with van der Waals surface area (Å²) in [6, 6.07) is 15.9. The molecule has 0 N–H and O–H groups in total. The normalized spacial score (nSPS) is 18.3. The number of carbonyl (C=O) groups excluding carboxylic acids is 1. The highest BCUT2D eigenvalue weighted by Crippen LogP contribution is 2.27. The number of nitrogens with zero attached hydrogens (tertiary/aromatic N) is 3. The number of carbonyl (C=O) groups is 1. The Morgan fingerprint density at radius 1 is 0.971 bits per heavy atom. The Morgan fingerprint density at radius 2 is 1.65 bits per heavy atom. The Morgan fingerprint density at radius 3 is 2.32 bits per heavy atom. The fourth-order valence-corrected chi connectivity index (χ4v) is 6.66. The summed E-state index contributed by atoms with van der Waals surface area (Å²) in [5.41, 5.74) is 3.47. The van der Waals surface area contributed by atoms with Crippen LogP contribution in [0.25, 0.3) is 0 Å². The maximum absolute atomic E-state index is 13.1. The molecule has 4 rings (SSSR count). The fraction of sp³-hybridized carbons (Fsp3) is 0.500. The first kappa shape index (κ1) is 25.0. The Kier molecular flexibility index (Phi) is 8.17. The predicted molar refractivity (Wildman–Crippen MR) is 138 cm³/mol. The second-order valence-electron chi connectivity index (χ2n) is 9.32. The lowest BCUT2D eigenvalue weighted by molar-refractivity contribution is -0.137. The van der Waals surface area contributed by atoms with E-state index in [4.69, 9.17) is 11.6 Å². The molecule has 0 aromatic heterocycles. The van der Waals surface area contributed by atoms with Crippen LogP contribution >= 0.6 is 11.6 Å². The largest absolute Gasteiger partial charge is 0.368 e. The van der Waals surface area contributed by atoms with Crippen molar-refractivity contribution < 1.29 is 13.2 Å². The van der Waals surface area contributed by atoms with Gasteiger partial charge in [-0.15, -0.1) is 0 Å². The number of aryl methyl sites for hydroxylation is 2. The van der Waals surface area contributed by atoms with Gasteiger partial charge in [0, 0.05) is 55.9 Å². The fourth-order valence-electron chi connectivity index (χ4n) is 4.96. The Balaban J connectivity index is 1.23. The molecule has 1 amide bonds.